The number of nitro benzene ring substituents is 1. The summed E-state index contributed by atoms with van der Waals surface area (Å²) in [6.45, 7) is 2.55. The Hall–Kier alpha value is -2.99. The number of hydrogen-bond acceptors (Lipinski definition) is 4. The van der Waals surface area contributed by atoms with Crippen molar-refractivity contribution in [3.63, 3.8) is 0 Å². The van der Waals surface area contributed by atoms with Crippen molar-refractivity contribution in [3.05, 3.63) is 81.5 Å². The number of fused-ring (bicyclic) bond motifs is 1. The molecule has 6 heteroatoms. The number of benzene rings is 2. The largest absolute Gasteiger partial charge is 0.294 e. The molecule has 0 amide bonds. The highest BCUT2D eigenvalue weighted by molar-refractivity contribution is 5.73. The minimum absolute atomic E-state index is 0.0944. The second kappa shape index (κ2) is 6.49. The molecule has 4 rings (SSSR count). The van der Waals surface area contributed by atoms with E-state index in [0.717, 1.165) is 37.3 Å². The Morgan fingerprint density at radius 2 is 1.88 bits per heavy atom. The van der Waals surface area contributed by atoms with Crippen LogP contribution in [0.15, 0.2) is 54.6 Å². The Kier molecular flexibility index (Phi) is 4.03. The quantitative estimate of drug-likeness (QED) is 0.585. The standard InChI is InChI=1S/C19H18N4O2/c24-23(25)18-9-5-4-8-15(18)19-16-13-22(11-10-17(16)20-21-19)12-14-6-2-1-3-7-14/h1-9H,10-13H2,(H,20,21). The highest BCUT2D eigenvalue weighted by Gasteiger charge is 2.26. The molecule has 0 bridgehead atoms. The van der Waals surface area contributed by atoms with Gasteiger partial charge in [-0.3, -0.25) is 20.1 Å². The van der Waals surface area contributed by atoms with Crippen LogP contribution in [0.4, 0.5) is 5.69 Å². The maximum atomic E-state index is 11.3. The van der Waals surface area contributed by atoms with Gasteiger partial charge in [0.1, 0.15) is 5.69 Å². The van der Waals surface area contributed by atoms with Crippen molar-refractivity contribution in [2.24, 2.45) is 0 Å². The van der Waals surface area contributed by atoms with Gasteiger partial charge < -0.3 is 0 Å². The molecule has 0 aliphatic carbocycles. The fourth-order valence-corrected chi connectivity index (χ4v) is 3.38. The van der Waals surface area contributed by atoms with Crippen LogP contribution in [-0.4, -0.2) is 26.6 Å². The van der Waals surface area contributed by atoms with Crippen LogP contribution in [0.5, 0.6) is 0 Å². The Morgan fingerprint density at radius 3 is 2.68 bits per heavy atom. The normalized spacial score (nSPS) is 14.2. The fraction of sp³-hybridized carbons (Fsp3) is 0.211. The lowest BCUT2D eigenvalue weighted by Gasteiger charge is -2.27. The topological polar surface area (TPSA) is 75.1 Å². The molecule has 0 spiro atoms. The summed E-state index contributed by atoms with van der Waals surface area (Å²) in [6.07, 6.45) is 0.871. The van der Waals surface area contributed by atoms with E-state index >= 15 is 0 Å². The second-order valence-corrected chi connectivity index (χ2v) is 6.25. The van der Waals surface area contributed by atoms with E-state index in [9.17, 15) is 10.1 Å². The zero-order chi connectivity index (χ0) is 17.2. The number of nitro groups is 1. The molecule has 0 atom stereocenters. The van der Waals surface area contributed by atoms with Crippen LogP contribution in [0.1, 0.15) is 16.8 Å². The van der Waals surface area contributed by atoms with E-state index in [4.69, 9.17) is 0 Å². The Labute approximate surface area is 145 Å². The first-order valence-corrected chi connectivity index (χ1v) is 8.28. The highest BCUT2D eigenvalue weighted by Crippen LogP contribution is 2.34. The molecular formula is C19H18N4O2. The van der Waals surface area contributed by atoms with Crippen LogP contribution in [0, 0.1) is 10.1 Å². The summed E-state index contributed by atoms with van der Waals surface area (Å²) in [7, 11) is 0. The van der Waals surface area contributed by atoms with Crippen LogP contribution in [-0.2, 0) is 19.5 Å². The second-order valence-electron chi connectivity index (χ2n) is 6.25. The molecule has 0 saturated heterocycles. The molecule has 0 fully saturated rings. The van der Waals surface area contributed by atoms with Gasteiger partial charge in [0.15, 0.2) is 0 Å². The van der Waals surface area contributed by atoms with Crippen LogP contribution in [0.3, 0.4) is 0 Å². The molecule has 2 aromatic carbocycles. The van der Waals surface area contributed by atoms with Crippen LogP contribution in [0.25, 0.3) is 11.3 Å². The monoisotopic (exact) mass is 334 g/mol. The minimum Gasteiger partial charge on any atom is -0.294 e. The van der Waals surface area contributed by atoms with E-state index in [1.54, 1.807) is 12.1 Å². The average Bonchev–Trinajstić information content (AvgIpc) is 3.05. The maximum absolute atomic E-state index is 11.3. The maximum Gasteiger partial charge on any atom is 0.278 e. The minimum atomic E-state index is -0.346. The van der Waals surface area contributed by atoms with E-state index in [0.29, 0.717) is 11.3 Å². The molecule has 3 aromatic rings. The number of hydrogen-bond donors (Lipinski definition) is 1. The summed E-state index contributed by atoms with van der Waals surface area (Å²) in [6, 6.07) is 17.1. The highest BCUT2D eigenvalue weighted by atomic mass is 16.6. The Bertz CT molecular complexity index is 905. The smallest absolute Gasteiger partial charge is 0.278 e. The van der Waals surface area contributed by atoms with Crippen LogP contribution in [0.2, 0.25) is 0 Å². The zero-order valence-corrected chi connectivity index (χ0v) is 13.7. The molecule has 0 radical (unpaired) electrons. The van der Waals surface area contributed by atoms with Gasteiger partial charge >= 0.3 is 0 Å². The molecule has 6 nitrogen and oxygen atoms in total. The number of aromatic amines is 1. The first kappa shape index (κ1) is 15.5. The first-order valence-electron chi connectivity index (χ1n) is 8.28. The molecule has 0 saturated carbocycles. The van der Waals surface area contributed by atoms with Crippen LogP contribution >= 0.6 is 0 Å². The SMILES string of the molecule is O=[N+]([O-])c1ccccc1-c1n[nH]c2c1CN(Cc1ccccc1)CC2. The number of nitrogens with one attached hydrogen (secondary N) is 1. The summed E-state index contributed by atoms with van der Waals surface area (Å²) >= 11 is 0. The molecular weight excluding hydrogens is 316 g/mol. The third-order valence-corrected chi connectivity index (χ3v) is 4.62. The zero-order valence-electron chi connectivity index (χ0n) is 13.7. The fourth-order valence-electron chi connectivity index (χ4n) is 3.38. The van der Waals surface area contributed by atoms with Crippen LogP contribution < -0.4 is 0 Å². The van der Waals surface area contributed by atoms with Gasteiger partial charge in [-0.05, 0) is 11.6 Å². The lowest BCUT2D eigenvalue weighted by Crippen LogP contribution is -2.30. The van der Waals surface area contributed by atoms with Gasteiger partial charge in [0.2, 0.25) is 0 Å². The molecule has 1 aromatic heterocycles. The van der Waals surface area contributed by atoms with Crippen molar-refractivity contribution in [2.45, 2.75) is 19.5 Å². The van der Waals surface area contributed by atoms with Gasteiger partial charge in [-0.15, -0.1) is 0 Å². The number of H-pyrrole nitrogens is 1. The summed E-state index contributed by atoms with van der Waals surface area (Å²) < 4.78 is 0. The lowest BCUT2D eigenvalue weighted by molar-refractivity contribution is -0.384. The van der Waals surface area contributed by atoms with Gasteiger partial charge in [-0.25, -0.2) is 0 Å². The average molecular weight is 334 g/mol. The van der Waals surface area contributed by atoms with E-state index in [1.807, 2.05) is 24.3 Å². The van der Waals surface area contributed by atoms with Gasteiger partial charge in [0, 0.05) is 43.4 Å². The van der Waals surface area contributed by atoms with Crippen molar-refractivity contribution in [1.29, 1.82) is 0 Å². The lowest BCUT2D eigenvalue weighted by atomic mass is 9.99. The molecule has 1 aliphatic heterocycles. The number of para-hydroxylation sites is 1. The van der Waals surface area contributed by atoms with Gasteiger partial charge in [-0.1, -0.05) is 42.5 Å². The third-order valence-electron chi connectivity index (χ3n) is 4.62. The summed E-state index contributed by atoms with van der Waals surface area (Å²) in [4.78, 5) is 13.4. The van der Waals surface area contributed by atoms with E-state index in [-0.39, 0.29) is 10.6 Å². The Balaban J connectivity index is 1.65. The summed E-state index contributed by atoms with van der Waals surface area (Å²) in [5.41, 5.74) is 4.78. The van der Waals surface area contributed by atoms with Crippen molar-refractivity contribution >= 4 is 5.69 Å². The molecule has 1 N–H and O–H groups in total. The number of aromatic nitrogens is 2. The van der Waals surface area contributed by atoms with Crippen molar-refractivity contribution in [2.75, 3.05) is 6.54 Å². The molecule has 126 valence electrons. The van der Waals surface area contributed by atoms with E-state index in [2.05, 4.69) is 27.2 Å². The predicted molar refractivity (Wildman–Crippen MR) is 94.9 cm³/mol. The molecule has 25 heavy (non-hydrogen) atoms. The van der Waals surface area contributed by atoms with E-state index < -0.39 is 0 Å². The summed E-state index contributed by atoms with van der Waals surface area (Å²) in [5.74, 6) is 0. The molecule has 1 aliphatic rings. The van der Waals surface area contributed by atoms with Crippen molar-refractivity contribution in [1.82, 2.24) is 15.1 Å². The van der Waals surface area contributed by atoms with Gasteiger partial charge in [0.05, 0.1) is 10.5 Å². The summed E-state index contributed by atoms with van der Waals surface area (Å²) in [5, 5.41) is 18.8. The predicted octanol–water partition coefficient (Wildman–Crippen LogP) is 3.54. The van der Waals surface area contributed by atoms with Crippen molar-refractivity contribution in [3.8, 4) is 11.3 Å². The number of nitrogens with zero attached hydrogens (tertiary/aromatic N) is 3. The number of rotatable bonds is 4. The van der Waals surface area contributed by atoms with Crippen molar-refractivity contribution < 1.29 is 4.92 Å². The molecule has 0 unspecified atom stereocenters. The third kappa shape index (κ3) is 3.04. The van der Waals surface area contributed by atoms with E-state index in [1.165, 1.54) is 11.6 Å². The first-order chi connectivity index (χ1) is 12.2. The molecule has 2 heterocycles. The van der Waals surface area contributed by atoms with Gasteiger partial charge in [0.25, 0.3) is 5.69 Å². The Morgan fingerprint density at radius 1 is 1.12 bits per heavy atom. The van der Waals surface area contributed by atoms with Gasteiger partial charge in [-0.2, -0.15) is 5.10 Å².